The van der Waals surface area contributed by atoms with Crippen LogP contribution in [0.4, 0.5) is 5.82 Å². The van der Waals surface area contributed by atoms with Crippen LogP contribution in [0.15, 0.2) is 6.20 Å². The molecule has 0 fully saturated rings. The average Bonchev–Trinajstić information content (AvgIpc) is 2.79. The molecule has 18 heavy (non-hydrogen) atoms. The van der Waals surface area contributed by atoms with Crippen molar-refractivity contribution in [2.45, 2.75) is 40.2 Å². The van der Waals surface area contributed by atoms with Crippen molar-refractivity contribution in [3.8, 4) is 11.3 Å². The fraction of sp³-hybridized carbons (Fsp3) is 0.538. The number of aromatic nitrogens is 4. The van der Waals surface area contributed by atoms with Crippen LogP contribution in [0.1, 0.15) is 38.3 Å². The molecule has 5 nitrogen and oxygen atoms in total. The van der Waals surface area contributed by atoms with Gasteiger partial charge in [-0.1, -0.05) is 6.92 Å². The lowest BCUT2D eigenvalue weighted by atomic mass is 10.1. The zero-order valence-corrected chi connectivity index (χ0v) is 11.7. The first-order chi connectivity index (χ1) is 8.45. The van der Waals surface area contributed by atoms with Gasteiger partial charge in [-0.2, -0.15) is 5.10 Å². The van der Waals surface area contributed by atoms with Gasteiger partial charge < -0.3 is 10.3 Å². The summed E-state index contributed by atoms with van der Waals surface area (Å²) in [4.78, 5) is 4.61. The Hall–Kier alpha value is -1.78. The van der Waals surface area contributed by atoms with Crippen LogP contribution in [0.25, 0.3) is 11.3 Å². The number of imidazole rings is 1. The predicted octanol–water partition coefficient (Wildman–Crippen LogP) is 2.32. The van der Waals surface area contributed by atoms with E-state index in [1.807, 2.05) is 24.9 Å². The Morgan fingerprint density at radius 1 is 1.39 bits per heavy atom. The molecule has 2 aromatic heterocycles. The van der Waals surface area contributed by atoms with Crippen LogP contribution < -0.4 is 5.73 Å². The second-order valence-electron chi connectivity index (χ2n) is 4.87. The molecular formula is C13H21N5. The number of nitrogens with zero attached hydrogens (tertiary/aromatic N) is 4. The summed E-state index contributed by atoms with van der Waals surface area (Å²) in [6.07, 6.45) is 2.87. The summed E-state index contributed by atoms with van der Waals surface area (Å²) in [5.41, 5.74) is 9.17. The average molecular weight is 247 g/mol. The highest BCUT2D eigenvalue weighted by Gasteiger charge is 2.19. The summed E-state index contributed by atoms with van der Waals surface area (Å²) >= 11 is 0. The lowest BCUT2D eigenvalue weighted by molar-refractivity contribution is 0.590. The van der Waals surface area contributed by atoms with Crippen molar-refractivity contribution in [2.24, 2.45) is 7.05 Å². The molecule has 98 valence electrons. The molecule has 2 rings (SSSR count). The normalized spacial score (nSPS) is 11.4. The van der Waals surface area contributed by atoms with E-state index in [0.29, 0.717) is 6.04 Å². The predicted molar refractivity (Wildman–Crippen MR) is 73.3 cm³/mol. The zero-order chi connectivity index (χ0) is 13.4. The van der Waals surface area contributed by atoms with E-state index < -0.39 is 0 Å². The molecule has 2 N–H and O–H groups in total. The quantitative estimate of drug-likeness (QED) is 0.905. The van der Waals surface area contributed by atoms with Gasteiger partial charge in [0.15, 0.2) is 0 Å². The van der Waals surface area contributed by atoms with E-state index in [-0.39, 0.29) is 0 Å². The molecule has 0 aliphatic rings. The number of hydrogen-bond acceptors (Lipinski definition) is 3. The first-order valence-corrected chi connectivity index (χ1v) is 6.32. The second kappa shape index (κ2) is 4.48. The van der Waals surface area contributed by atoms with Crippen LogP contribution in [-0.2, 0) is 13.5 Å². The summed E-state index contributed by atoms with van der Waals surface area (Å²) in [7, 11) is 1.92. The van der Waals surface area contributed by atoms with Crippen molar-refractivity contribution in [1.29, 1.82) is 0 Å². The standard InChI is InChI=1S/C13H21N5/c1-6-11-10(7-17(5)16-11)12-13(14)18(8(2)3)9(4)15-12/h7-8H,6,14H2,1-5H3. The van der Waals surface area contributed by atoms with Gasteiger partial charge in [0.2, 0.25) is 0 Å². The molecule has 0 radical (unpaired) electrons. The summed E-state index contributed by atoms with van der Waals surface area (Å²) in [6.45, 7) is 8.30. The minimum absolute atomic E-state index is 0.313. The Morgan fingerprint density at radius 3 is 2.56 bits per heavy atom. The minimum atomic E-state index is 0.313. The molecule has 2 aromatic rings. The number of aryl methyl sites for hydroxylation is 3. The van der Waals surface area contributed by atoms with Crippen molar-refractivity contribution in [3.63, 3.8) is 0 Å². The molecular weight excluding hydrogens is 226 g/mol. The third-order valence-electron chi connectivity index (χ3n) is 3.14. The zero-order valence-electron chi connectivity index (χ0n) is 11.7. The molecule has 2 heterocycles. The van der Waals surface area contributed by atoms with E-state index in [1.165, 1.54) is 0 Å². The highest BCUT2D eigenvalue weighted by Crippen LogP contribution is 2.30. The Bertz CT molecular complexity index is 562. The van der Waals surface area contributed by atoms with Gasteiger partial charge in [-0.25, -0.2) is 4.98 Å². The van der Waals surface area contributed by atoms with Crippen LogP contribution in [0, 0.1) is 6.92 Å². The van der Waals surface area contributed by atoms with Gasteiger partial charge in [0.25, 0.3) is 0 Å². The van der Waals surface area contributed by atoms with Crippen molar-refractivity contribution in [3.05, 3.63) is 17.7 Å². The summed E-state index contributed by atoms with van der Waals surface area (Å²) in [5, 5.41) is 4.44. The van der Waals surface area contributed by atoms with Crippen LogP contribution in [0.3, 0.4) is 0 Å². The van der Waals surface area contributed by atoms with Crippen LogP contribution in [0.5, 0.6) is 0 Å². The fourth-order valence-electron chi connectivity index (χ4n) is 2.40. The van der Waals surface area contributed by atoms with E-state index in [4.69, 9.17) is 5.73 Å². The Labute approximate surface area is 108 Å². The Morgan fingerprint density at radius 2 is 2.06 bits per heavy atom. The van der Waals surface area contributed by atoms with E-state index in [2.05, 4.69) is 35.4 Å². The lowest BCUT2D eigenvalue weighted by Crippen LogP contribution is -2.07. The van der Waals surface area contributed by atoms with Crippen LogP contribution >= 0.6 is 0 Å². The lowest BCUT2D eigenvalue weighted by Gasteiger charge is -2.11. The van der Waals surface area contributed by atoms with E-state index in [1.54, 1.807) is 0 Å². The molecule has 5 heteroatoms. The molecule has 0 aromatic carbocycles. The second-order valence-corrected chi connectivity index (χ2v) is 4.87. The number of nitrogen functional groups attached to an aromatic ring is 1. The van der Waals surface area contributed by atoms with Crippen LogP contribution in [0.2, 0.25) is 0 Å². The van der Waals surface area contributed by atoms with Crippen molar-refractivity contribution < 1.29 is 0 Å². The molecule has 0 unspecified atom stereocenters. The van der Waals surface area contributed by atoms with Gasteiger partial charge in [0, 0.05) is 24.8 Å². The number of rotatable bonds is 3. The molecule has 0 spiro atoms. The van der Waals surface area contributed by atoms with E-state index >= 15 is 0 Å². The Balaban J connectivity index is 2.61. The highest BCUT2D eigenvalue weighted by atomic mass is 15.3. The van der Waals surface area contributed by atoms with E-state index in [0.717, 1.165) is 35.0 Å². The van der Waals surface area contributed by atoms with Crippen LogP contribution in [-0.4, -0.2) is 19.3 Å². The van der Waals surface area contributed by atoms with Crippen molar-refractivity contribution in [2.75, 3.05) is 5.73 Å². The number of hydrogen-bond donors (Lipinski definition) is 1. The SMILES string of the molecule is CCc1nn(C)cc1-c1nc(C)n(C(C)C)c1N. The largest absolute Gasteiger partial charge is 0.383 e. The smallest absolute Gasteiger partial charge is 0.132 e. The molecule has 0 amide bonds. The number of nitrogens with two attached hydrogens (primary N) is 1. The first kappa shape index (κ1) is 12.7. The topological polar surface area (TPSA) is 61.7 Å². The summed E-state index contributed by atoms with van der Waals surface area (Å²) < 4.78 is 3.87. The maximum atomic E-state index is 6.23. The maximum absolute atomic E-state index is 6.23. The molecule has 0 saturated carbocycles. The monoisotopic (exact) mass is 247 g/mol. The van der Waals surface area contributed by atoms with Gasteiger partial charge in [-0.15, -0.1) is 0 Å². The van der Waals surface area contributed by atoms with Gasteiger partial charge in [0.1, 0.15) is 17.3 Å². The van der Waals surface area contributed by atoms with Gasteiger partial charge in [0.05, 0.1) is 5.69 Å². The van der Waals surface area contributed by atoms with Crippen molar-refractivity contribution in [1.82, 2.24) is 19.3 Å². The van der Waals surface area contributed by atoms with Gasteiger partial charge in [-0.05, 0) is 27.2 Å². The molecule has 0 bridgehead atoms. The van der Waals surface area contributed by atoms with Crippen molar-refractivity contribution >= 4 is 5.82 Å². The first-order valence-electron chi connectivity index (χ1n) is 6.32. The fourth-order valence-corrected chi connectivity index (χ4v) is 2.40. The number of anilines is 1. The Kier molecular flexibility index (Phi) is 3.15. The summed E-state index contributed by atoms with van der Waals surface area (Å²) in [6, 6.07) is 0.313. The minimum Gasteiger partial charge on any atom is -0.383 e. The maximum Gasteiger partial charge on any atom is 0.132 e. The third kappa shape index (κ3) is 1.89. The third-order valence-corrected chi connectivity index (χ3v) is 3.14. The van der Waals surface area contributed by atoms with E-state index in [9.17, 15) is 0 Å². The van der Waals surface area contributed by atoms with Gasteiger partial charge >= 0.3 is 0 Å². The van der Waals surface area contributed by atoms with Gasteiger partial charge in [-0.3, -0.25) is 4.68 Å². The molecule has 0 atom stereocenters. The highest BCUT2D eigenvalue weighted by molar-refractivity contribution is 5.72. The summed E-state index contributed by atoms with van der Waals surface area (Å²) in [5.74, 6) is 1.67. The molecule has 0 aliphatic heterocycles. The molecule has 0 aliphatic carbocycles. The molecule has 0 saturated heterocycles.